The predicted molar refractivity (Wildman–Crippen MR) is 49.2 cm³/mol. The lowest BCUT2D eigenvalue weighted by molar-refractivity contribution is -0.0850. The van der Waals surface area contributed by atoms with E-state index >= 15 is 0 Å². The van der Waals surface area contributed by atoms with Crippen molar-refractivity contribution in [2.24, 2.45) is 11.1 Å². The third-order valence-electron chi connectivity index (χ3n) is 1.89. The molecule has 0 spiro atoms. The van der Waals surface area contributed by atoms with Gasteiger partial charge in [0.2, 0.25) is 0 Å². The van der Waals surface area contributed by atoms with Gasteiger partial charge in [-0.05, 0) is 19.1 Å². The zero-order valence-corrected chi connectivity index (χ0v) is 8.27. The van der Waals surface area contributed by atoms with Gasteiger partial charge in [0.15, 0.2) is 5.11 Å². The second-order valence-corrected chi connectivity index (χ2v) is 3.93. The van der Waals surface area contributed by atoms with E-state index in [1.807, 2.05) is 0 Å². The Morgan fingerprint density at radius 2 is 1.83 bits per heavy atom. The van der Waals surface area contributed by atoms with Crippen LogP contribution in [0.4, 0.5) is 8.78 Å². The van der Waals surface area contributed by atoms with Gasteiger partial charge >= 0.3 is 0 Å². The Morgan fingerprint density at radius 3 is 2.08 bits per heavy atom. The highest BCUT2D eigenvalue weighted by Crippen LogP contribution is 2.34. The third kappa shape index (κ3) is 3.30. The Morgan fingerprint density at radius 1 is 1.42 bits per heavy atom. The smallest absolute Gasteiger partial charge is 0.252 e. The van der Waals surface area contributed by atoms with Gasteiger partial charge in [0.1, 0.15) is 0 Å². The van der Waals surface area contributed by atoms with E-state index in [0.29, 0.717) is 0 Å². The van der Waals surface area contributed by atoms with Crippen LogP contribution in [0.15, 0.2) is 0 Å². The van der Waals surface area contributed by atoms with Gasteiger partial charge < -0.3 is 11.1 Å². The van der Waals surface area contributed by atoms with Crippen LogP contribution in [0.2, 0.25) is 0 Å². The first-order valence-corrected chi connectivity index (χ1v) is 3.99. The van der Waals surface area contributed by atoms with Crippen molar-refractivity contribution in [2.45, 2.75) is 26.7 Å². The fourth-order valence-electron chi connectivity index (χ4n) is 0.463. The summed E-state index contributed by atoms with van der Waals surface area (Å²) in [6.07, 6.45) is 0. The molecule has 0 aliphatic rings. The summed E-state index contributed by atoms with van der Waals surface area (Å²) in [7, 11) is 0. The van der Waals surface area contributed by atoms with Crippen LogP contribution in [0.25, 0.3) is 0 Å². The number of hydrogen-bond donors (Lipinski definition) is 2. The van der Waals surface area contributed by atoms with Crippen LogP contribution in [0.3, 0.4) is 0 Å². The van der Waals surface area contributed by atoms with Gasteiger partial charge in [-0.15, -0.1) is 0 Å². The second-order valence-electron chi connectivity index (χ2n) is 3.49. The van der Waals surface area contributed by atoms with Crippen molar-refractivity contribution in [1.29, 1.82) is 0 Å². The number of hydrogen-bond acceptors (Lipinski definition) is 1. The van der Waals surface area contributed by atoms with Gasteiger partial charge in [-0.25, -0.2) is 8.78 Å². The van der Waals surface area contributed by atoms with Gasteiger partial charge in [0.05, 0.1) is 0 Å². The van der Waals surface area contributed by atoms with Crippen molar-refractivity contribution in [3.63, 3.8) is 0 Å². The van der Waals surface area contributed by atoms with E-state index in [9.17, 15) is 8.78 Å². The lowest BCUT2D eigenvalue weighted by atomic mass is 9.86. The highest BCUT2D eigenvalue weighted by Gasteiger charge is 2.41. The summed E-state index contributed by atoms with van der Waals surface area (Å²) in [5.41, 5.74) is 3.98. The molecule has 0 fully saturated rings. The van der Waals surface area contributed by atoms with E-state index in [-0.39, 0.29) is 11.7 Å². The van der Waals surface area contributed by atoms with Crippen molar-refractivity contribution >= 4 is 17.3 Å². The summed E-state index contributed by atoms with van der Waals surface area (Å²) in [4.78, 5) is 0. The fraction of sp³-hybridized carbons (Fsp3) is 0.857. The molecule has 0 radical (unpaired) electrons. The van der Waals surface area contributed by atoms with Crippen LogP contribution in [-0.4, -0.2) is 17.6 Å². The maximum Gasteiger partial charge on any atom is 0.252 e. The maximum absolute atomic E-state index is 12.8. The zero-order valence-electron chi connectivity index (χ0n) is 7.45. The molecule has 0 heterocycles. The molecular weight excluding hydrogens is 182 g/mol. The second kappa shape index (κ2) is 3.51. The SMILES string of the molecule is CC(F)(F)C(C)(C)CNC(N)=S. The van der Waals surface area contributed by atoms with Crippen molar-refractivity contribution < 1.29 is 8.78 Å². The van der Waals surface area contributed by atoms with E-state index in [4.69, 9.17) is 5.73 Å². The number of nitrogens with one attached hydrogen (secondary N) is 1. The fourth-order valence-corrected chi connectivity index (χ4v) is 0.535. The van der Waals surface area contributed by atoms with Crippen LogP contribution in [0.1, 0.15) is 20.8 Å². The zero-order chi connectivity index (χ0) is 9.99. The molecule has 0 unspecified atom stereocenters. The molecule has 5 heteroatoms. The highest BCUT2D eigenvalue weighted by atomic mass is 32.1. The number of thiocarbonyl (C=S) groups is 1. The quantitative estimate of drug-likeness (QED) is 0.672. The molecule has 0 aliphatic heterocycles. The summed E-state index contributed by atoms with van der Waals surface area (Å²) in [5.74, 6) is -2.75. The highest BCUT2D eigenvalue weighted by molar-refractivity contribution is 7.80. The molecule has 0 atom stereocenters. The molecule has 0 saturated heterocycles. The minimum Gasteiger partial charge on any atom is -0.376 e. The molecule has 0 rings (SSSR count). The Kier molecular flexibility index (Phi) is 3.38. The van der Waals surface area contributed by atoms with Crippen LogP contribution in [0.5, 0.6) is 0 Å². The van der Waals surface area contributed by atoms with E-state index in [1.165, 1.54) is 13.8 Å². The van der Waals surface area contributed by atoms with E-state index < -0.39 is 11.3 Å². The third-order valence-corrected chi connectivity index (χ3v) is 2.04. The standard InChI is InChI=1S/C7H14F2N2S/c1-6(2,7(3,8)9)4-11-5(10)12/h4H2,1-3H3,(H3,10,11,12). The molecule has 3 N–H and O–H groups in total. The lowest BCUT2D eigenvalue weighted by Gasteiger charge is -2.31. The van der Waals surface area contributed by atoms with Gasteiger partial charge in [0.25, 0.3) is 5.92 Å². The summed E-state index contributed by atoms with van der Waals surface area (Å²) >= 11 is 4.51. The summed E-state index contributed by atoms with van der Waals surface area (Å²) < 4.78 is 25.7. The Bertz CT molecular complexity index is 175. The lowest BCUT2D eigenvalue weighted by Crippen LogP contribution is -2.45. The molecule has 0 amide bonds. The van der Waals surface area contributed by atoms with E-state index in [0.717, 1.165) is 6.92 Å². The van der Waals surface area contributed by atoms with Gasteiger partial charge in [-0.2, -0.15) is 0 Å². The van der Waals surface area contributed by atoms with Crippen LogP contribution >= 0.6 is 12.2 Å². The first-order valence-electron chi connectivity index (χ1n) is 3.58. The van der Waals surface area contributed by atoms with Crippen molar-refractivity contribution in [3.8, 4) is 0 Å². The Hall–Kier alpha value is -0.450. The molecule has 0 aromatic heterocycles. The molecule has 72 valence electrons. The summed E-state index contributed by atoms with van der Waals surface area (Å²) in [6.45, 7) is 3.87. The molecule has 0 bridgehead atoms. The van der Waals surface area contributed by atoms with Crippen molar-refractivity contribution in [2.75, 3.05) is 6.54 Å². The molecular formula is C7H14F2N2S. The Balaban J connectivity index is 4.14. The van der Waals surface area contributed by atoms with Crippen LogP contribution in [-0.2, 0) is 0 Å². The predicted octanol–water partition coefficient (Wildman–Crippen LogP) is 1.50. The molecule has 0 saturated carbocycles. The summed E-state index contributed by atoms with van der Waals surface area (Å²) in [6, 6.07) is 0. The van der Waals surface area contributed by atoms with Gasteiger partial charge in [-0.1, -0.05) is 13.8 Å². The minimum atomic E-state index is -2.75. The topological polar surface area (TPSA) is 38.0 Å². The summed E-state index contributed by atoms with van der Waals surface area (Å²) in [5, 5.41) is 2.57. The minimum absolute atomic E-state index is 0.0484. The van der Waals surface area contributed by atoms with Crippen molar-refractivity contribution in [3.05, 3.63) is 0 Å². The molecule has 0 aliphatic carbocycles. The normalized spacial score (nSPS) is 12.8. The molecule has 2 nitrogen and oxygen atoms in total. The van der Waals surface area contributed by atoms with Crippen LogP contribution < -0.4 is 11.1 Å². The molecule has 12 heavy (non-hydrogen) atoms. The number of rotatable bonds is 3. The molecule has 0 aromatic rings. The largest absolute Gasteiger partial charge is 0.376 e. The first kappa shape index (κ1) is 11.6. The maximum atomic E-state index is 12.8. The average Bonchev–Trinajstić information content (AvgIpc) is 1.81. The van der Waals surface area contributed by atoms with Crippen LogP contribution in [0, 0.1) is 5.41 Å². The van der Waals surface area contributed by atoms with Crippen molar-refractivity contribution in [1.82, 2.24) is 5.32 Å². The monoisotopic (exact) mass is 196 g/mol. The van der Waals surface area contributed by atoms with Gasteiger partial charge in [-0.3, -0.25) is 0 Å². The van der Waals surface area contributed by atoms with Gasteiger partial charge in [0, 0.05) is 12.0 Å². The first-order chi connectivity index (χ1) is 5.17. The Labute approximate surface area is 76.5 Å². The van der Waals surface area contributed by atoms with E-state index in [2.05, 4.69) is 17.5 Å². The average molecular weight is 196 g/mol. The molecule has 0 aromatic carbocycles. The number of halogens is 2. The number of nitrogens with two attached hydrogens (primary N) is 1. The number of alkyl halides is 2. The van der Waals surface area contributed by atoms with E-state index in [1.54, 1.807) is 0 Å².